The first-order valence-corrected chi connectivity index (χ1v) is 8.07. The van der Waals surface area contributed by atoms with Gasteiger partial charge in [0.25, 0.3) is 0 Å². The molecule has 0 radical (unpaired) electrons. The van der Waals surface area contributed by atoms with Crippen LogP contribution in [0, 0.1) is 11.8 Å². The lowest BCUT2D eigenvalue weighted by atomic mass is 9.76. The number of primary amides is 1. The molecule has 1 amide bonds. The fourth-order valence-corrected chi connectivity index (χ4v) is 3.66. The van der Waals surface area contributed by atoms with E-state index in [9.17, 15) is 4.79 Å². The van der Waals surface area contributed by atoms with Gasteiger partial charge in [0, 0.05) is 12.0 Å². The first-order valence-electron chi connectivity index (χ1n) is 8.07. The quantitative estimate of drug-likeness (QED) is 0.875. The molecular weight excluding hydrogens is 260 g/mol. The van der Waals surface area contributed by atoms with Gasteiger partial charge in [-0.25, -0.2) is 0 Å². The van der Waals surface area contributed by atoms with E-state index in [-0.39, 0.29) is 11.8 Å². The topological polar surface area (TPSA) is 46.3 Å². The molecule has 1 aliphatic carbocycles. The van der Waals surface area contributed by atoms with Gasteiger partial charge in [-0.3, -0.25) is 4.79 Å². The van der Waals surface area contributed by atoms with Gasteiger partial charge in [0.1, 0.15) is 0 Å². The van der Waals surface area contributed by atoms with E-state index in [2.05, 4.69) is 49.3 Å². The standard InChI is InChI=1S/C18H28N2O/c1-20(2)17(13-8-14-6-4-3-5-7-14)15-9-11-16(12-10-15)18(19)21/h3-7,15-17H,8-13H2,1-2H3,(H2,19,21). The van der Waals surface area contributed by atoms with E-state index in [4.69, 9.17) is 5.73 Å². The molecule has 1 aliphatic rings. The number of carbonyl (C=O) groups is 1. The molecular formula is C18H28N2O. The van der Waals surface area contributed by atoms with Crippen molar-refractivity contribution in [1.82, 2.24) is 4.90 Å². The summed E-state index contributed by atoms with van der Waals surface area (Å²) in [4.78, 5) is 13.6. The molecule has 0 aliphatic heterocycles. The Labute approximate surface area is 128 Å². The number of aryl methyl sites for hydroxylation is 1. The Balaban J connectivity index is 1.89. The molecule has 0 saturated heterocycles. The molecule has 3 nitrogen and oxygen atoms in total. The maximum absolute atomic E-state index is 11.3. The lowest BCUT2D eigenvalue weighted by Gasteiger charge is -2.36. The monoisotopic (exact) mass is 288 g/mol. The molecule has 0 bridgehead atoms. The van der Waals surface area contributed by atoms with E-state index in [1.807, 2.05) is 0 Å². The second-order valence-corrected chi connectivity index (χ2v) is 6.57. The summed E-state index contributed by atoms with van der Waals surface area (Å²) in [6, 6.07) is 11.3. The van der Waals surface area contributed by atoms with Crippen LogP contribution < -0.4 is 5.73 Å². The van der Waals surface area contributed by atoms with Crippen molar-refractivity contribution in [2.24, 2.45) is 17.6 Å². The second kappa shape index (κ2) is 7.60. The van der Waals surface area contributed by atoms with E-state index < -0.39 is 0 Å². The maximum atomic E-state index is 11.3. The third kappa shape index (κ3) is 4.57. The minimum atomic E-state index is -0.112. The van der Waals surface area contributed by atoms with Gasteiger partial charge in [-0.1, -0.05) is 30.3 Å². The molecule has 0 spiro atoms. The maximum Gasteiger partial charge on any atom is 0.220 e. The van der Waals surface area contributed by atoms with Crippen LogP contribution in [-0.4, -0.2) is 30.9 Å². The number of benzene rings is 1. The van der Waals surface area contributed by atoms with Gasteiger partial charge in [0.2, 0.25) is 5.91 Å². The first kappa shape index (κ1) is 16.0. The van der Waals surface area contributed by atoms with Gasteiger partial charge in [0.05, 0.1) is 0 Å². The van der Waals surface area contributed by atoms with Crippen LogP contribution >= 0.6 is 0 Å². The highest BCUT2D eigenvalue weighted by Gasteiger charge is 2.30. The van der Waals surface area contributed by atoms with Crippen molar-refractivity contribution >= 4 is 5.91 Å². The molecule has 116 valence electrons. The molecule has 1 unspecified atom stereocenters. The summed E-state index contributed by atoms with van der Waals surface area (Å²) in [7, 11) is 4.35. The van der Waals surface area contributed by atoms with Crippen molar-refractivity contribution in [2.45, 2.75) is 44.6 Å². The number of carbonyl (C=O) groups excluding carboxylic acids is 1. The molecule has 2 N–H and O–H groups in total. The summed E-state index contributed by atoms with van der Waals surface area (Å²) < 4.78 is 0. The van der Waals surface area contributed by atoms with Crippen LogP contribution in [0.1, 0.15) is 37.7 Å². The molecule has 1 atom stereocenters. The van der Waals surface area contributed by atoms with Gasteiger partial charge in [-0.05, 0) is 64.1 Å². The molecule has 1 saturated carbocycles. The second-order valence-electron chi connectivity index (χ2n) is 6.57. The lowest BCUT2D eigenvalue weighted by molar-refractivity contribution is -0.123. The van der Waals surface area contributed by atoms with Gasteiger partial charge in [-0.15, -0.1) is 0 Å². The van der Waals surface area contributed by atoms with E-state index in [0.29, 0.717) is 12.0 Å². The van der Waals surface area contributed by atoms with E-state index in [0.717, 1.165) is 32.1 Å². The van der Waals surface area contributed by atoms with Gasteiger partial charge in [-0.2, -0.15) is 0 Å². The van der Waals surface area contributed by atoms with Crippen LogP contribution in [0.25, 0.3) is 0 Å². The summed E-state index contributed by atoms with van der Waals surface area (Å²) in [6.07, 6.45) is 6.50. The Morgan fingerprint density at radius 3 is 2.33 bits per heavy atom. The first-order chi connectivity index (χ1) is 10.1. The normalized spacial score (nSPS) is 24.0. The number of nitrogens with two attached hydrogens (primary N) is 1. The highest BCUT2D eigenvalue weighted by atomic mass is 16.1. The average molecular weight is 288 g/mol. The minimum absolute atomic E-state index is 0.109. The average Bonchev–Trinajstić information content (AvgIpc) is 2.48. The Hall–Kier alpha value is -1.35. The van der Waals surface area contributed by atoms with Gasteiger partial charge < -0.3 is 10.6 Å². The van der Waals surface area contributed by atoms with Crippen LogP contribution in [0.15, 0.2) is 30.3 Å². The van der Waals surface area contributed by atoms with Crippen molar-refractivity contribution in [3.8, 4) is 0 Å². The fraction of sp³-hybridized carbons (Fsp3) is 0.611. The van der Waals surface area contributed by atoms with E-state index in [1.54, 1.807) is 0 Å². The molecule has 1 fully saturated rings. The van der Waals surface area contributed by atoms with Crippen LogP contribution in [0.5, 0.6) is 0 Å². The van der Waals surface area contributed by atoms with Crippen LogP contribution in [0.3, 0.4) is 0 Å². The third-order valence-corrected chi connectivity index (χ3v) is 4.95. The summed E-state index contributed by atoms with van der Waals surface area (Å²) in [5, 5.41) is 0. The highest BCUT2D eigenvalue weighted by molar-refractivity contribution is 5.76. The smallest absolute Gasteiger partial charge is 0.220 e. The van der Waals surface area contributed by atoms with Crippen molar-refractivity contribution in [1.29, 1.82) is 0 Å². The number of nitrogens with zero attached hydrogens (tertiary/aromatic N) is 1. The molecule has 2 rings (SSSR count). The molecule has 21 heavy (non-hydrogen) atoms. The van der Waals surface area contributed by atoms with E-state index >= 15 is 0 Å². The van der Waals surface area contributed by atoms with Crippen molar-refractivity contribution in [3.63, 3.8) is 0 Å². The summed E-state index contributed by atoms with van der Waals surface area (Å²) >= 11 is 0. The number of amides is 1. The zero-order chi connectivity index (χ0) is 15.2. The van der Waals surface area contributed by atoms with Crippen molar-refractivity contribution in [3.05, 3.63) is 35.9 Å². The molecule has 3 heteroatoms. The van der Waals surface area contributed by atoms with Crippen LogP contribution in [0.4, 0.5) is 0 Å². The predicted octanol–water partition coefficient (Wildman–Crippen LogP) is 2.84. The predicted molar refractivity (Wildman–Crippen MR) is 86.9 cm³/mol. The SMILES string of the molecule is CN(C)C(CCc1ccccc1)C1CCC(C(N)=O)CC1. The minimum Gasteiger partial charge on any atom is -0.369 e. The Bertz CT molecular complexity index is 436. The van der Waals surface area contributed by atoms with Crippen LogP contribution in [0.2, 0.25) is 0 Å². The van der Waals surface area contributed by atoms with E-state index in [1.165, 1.54) is 12.0 Å². The fourth-order valence-electron chi connectivity index (χ4n) is 3.66. The number of hydrogen-bond acceptors (Lipinski definition) is 2. The number of rotatable bonds is 6. The summed E-state index contributed by atoms with van der Waals surface area (Å²) in [5.74, 6) is 0.691. The highest BCUT2D eigenvalue weighted by Crippen LogP contribution is 2.33. The molecule has 1 aromatic carbocycles. The molecule has 0 heterocycles. The van der Waals surface area contributed by atoms with Crippen molar-refractivity contribution < 1.29 is 4.79 Å². The zero-order valence-electron chi connectivity index (χ0n) is 13.3. The zero-order valence-corrected chi connectivity index (χ0v) is 13.3. The Kier molecular flexibility index (Phi) is 5.80. The largest absolute Gasteiger partial charge is 0.369 e. The Morgan fingerprint density at radius 2 is 1.81 bits per heavy atom. The van der Waals surface area contributed by atoms with Gasteiger partial charge in [0.15, 0.2) is 0 Å². The lowest BCUT2D eigenvalue weighted by Crippen LogP contribution is -2.39. The summed E-state index contributed by atoms with van der Waals surface area (Å²) in [6.45, 7) is 0. The molecule has 0 aromatic heterocycles. The molecule has 1 aromatic rings. The number of hydrogen-bond donors (Lipinski definition) is 1. The third-order valence-electron chi connectivity index (χ3n) is 4.95. The summed E-state index contributed by atoms with van der Waals surface area (Å²) in [5.41, 5.74) is 6.85. The van der Waals surface area contributed by atoms with Crippen molar-refractivity contribution in [2.75, 3.05) is 14.1 Å². The van der Waals surface area contributed by atoms with Crippen LogP contribution in [-0.2, 0) is 11.2 Å². The Morgan fingerprint density at radius 1 is 1.19 bits per heavy atom. The van der Waals surface area contributed by atoms with Gasteiger partial charge >= 0.3 is 0 Å².